The van der Waals surface area contributed by atoms with Crippen molar-refractivity contribution in [2.24, 2.45) is 0 Å². The van der Waals surface area contributed by atoms with Crippen molar-refractivity contribution in [3.05, 3.63) is 34.4 Å². The Morgan fingerprint density at radius 3 is 2.80 bits per heavy atom. The van der Waals surface area contributed by atoms with Crippen LogP contribution >= 0.6 is 0 Å². The number of hydrogen-bond acceptors (Lipinski definition) is 6. The average molecular weight is 414 g/mol. The van der Waals surface area contributed by atoms with Crippen LogP contribution in [0.4, 0.5) is 4.79 Å². The molecular formula is C21H26N4O5. The van der Waals surface area contributed by atoms with Crippen molar-refractivity contribution in [1.82, 2.24) is 19.8 Å². The Morgan fingerprint density at radius 2 is 2.03 bits per heavy atom. The van der Waals surface area contributed by atoms with Gasteiger partial charge in [0.2, 0.25) is 0 Å². The van der Waals surface area contributed by atoms with Gasteiger partial charge < -0.3 is 19.7 Å². The number of ether oxygens (including phenoxy) is 2. The number of amides is 2. The fourth-order valence-electron chi connectivity index (χ4n) is 3.99. The molecule has 4 rings (SSSR count). The van der Waals surface area contributed by atoms with Crippen molar-refractivity contribution < 1.29 is 19.1 Å². The van der Waals surface area contributed by atoms with Crippen molar-refractivity contribution in [2.75, 3.05) is 26.3 Å². The summed E-state index contributed by atoms with van der Waals surface area (Å²) in [6, 6.07) is 5.14. The van der Waals surface area contributed by atoms with Gasteiger partial charge in [-0.1, -0.05) is 0 Å². The second kappa shape index (κ2) is 8.73. The minimum atomic E-state index is -0.307. The summed E-state index contributed by atoms with van der Waals surface area (Å²) in [5, 5.41) is 3.45. The monoisotopic (exact) mass is 414 g/mol. The second-order valence-electron chi connectivity index (χ2n) is 7.58. The average Bonchev–Trinajstić information content (AvgIpc) is 3.22. The largest absolute Gasteiger partial charge is 0.484 e. The number of carbonyl (C=O) groups excluding carboxylic acids is 2. The summed E-state index contributed by atoms with van der Waals surface area (Å²) in [5.74, 6) is 1.07. The van der Waals surface area contributed by atoms with Crippen LogP contribution < -0.4 is 15.6 Å². The number of fused-ring (bicyclic) bond motifs is 2. The Hall–Kier alpha value is -3.10. The minimum Gasteiger partial charge on any atom is -0.484 e. The van der Waals surface area contributed by atoms with Crippen LogP contribution in [0.25, 0.3) is 10.9 Å². The summed E-state index contributed by atoms with van der Waals surface area (Å²) >= 11 is 0. The number of piperidine rings is 1. The van der Waals surface area contributed by atoms with E-state index in [0.717, 1.165) is 18.7 Å². The minimum absolute atomic E-state index is 0.000174. The molecule has 0 bridgehead atoms. The zero-order valence-corrected chi connectivity index (χ0v) is 17.1. The molecule has 2 aromatic rings. The van der Waals surface area contributed by atoms with E-state index >= 15 is 0 Å². The molecule has 0 atom stereocenters. The highest BCUT2D eigenvalue weighted by molar-refractivity contribution is 5.80. The molecule has 2 aliphatic rings. The number of hydrogen-bond donors (Lipinski definition) is 1. The van der Waals surface area contributed by atoms with Crippen molar-refractivity contribution in [1.29, 1.82) is 0 Å². The molecule has 2 aliphatic heterocycles. The molecule has 9 nitrogen and oxygen atoms in total. The molecule has 3 heterocycles. The van der Waals surface area contributed by atoms with Gasteiger partial charge in [-0.25, -0.2) is 9.78 Å². The lowest BCUT2D eigenvalue weighted by molar-refractivity contribution is -0.124. The molecule has 0 spiro atoms. The summed E-state index contributed by atoms with van der Waals surface area (Å²) < 4.78 is 12.3. The highest BCUT2D eigenvalue weighted by Gasteiger charge is 2.24. The molecule has 1 aromatic carbocycles. The van der Waals surface area contributed by atoms with Crippen molar-refractivity contribution >= 4 is 22.9 Å². The molecule has 0 radical (unpaired) electrons. The van der Waals surface area contributed by atoms with E-state index < -0.39 is 0 Å². The first-order valence-corrected chi connectivity index (χ1v) is 10.4. The lowest BCUT2D eigenvalue weighted by Gasteiger charge is -2.31. The Morgan fingerprint density at radius 1 is 1.23 bits per heavy atom. The molecule has 1 aromatic heterocycles. The highest BCUT2D eigenvalue weighted by atomic mass is 16.6. The van der Waals surface area contributed by atoms with Gasteiger partial charge in [-0.05, 0) is 44.4 Å². The number of rotatable bonds is 5. The number of aromatic nitrogens is 2. The topological polar surface area (TPSA) is 103 Å². The number of likely N-dealkylation sites (tertiary alicyclic amines) is 1. The van der Waals surface area contributed by atoms with Gasteiger partial charge in [-0.3, -0.25) is 14.2 Å². The van der Waals surface area contributed by atoms with Gasteiger partial charge in [-0.2, -0.15) is 0 Å². The molecule has 2 amide bonds. The van der Waals surface area contributed by atoms with E-state index in [9.17, 15) is 14.4 Å². The number of benzene rings is 1. The van der Waals surface area contributed by atoms with E-state index in [2.05, 4.69) is 10.3 Å². The summed E-state index contributed by atoms with van der Waals surface area (Å²) in [5.41, 5.74) is 0.592. The normalized spacial score (nSPS) is 16.4. The molecule has 160 valence electrons. The quantitative estimate of drug-likeness (QED) is 0.795. The van der Waals surface area contributed by atoms with Gasteiger partial charge in [0.15, 0.2) is 6.61 Å². The maximum atomic E-state index is 12.6. The second-order valence-corrected chi connectivity index (χ2v) is 7.58. The van der Waals surface area contributed by atoms with Crippen LogP contribution in [0.3, 0.4) is 0 Å². The molecule has 1 N–H and O–H groups in total. The third-order valence-electron chi connectivity index (χ3n) is 5.54. The van der Waals surface area contributed by atoms with Crippen molar-refractivity contribution in [3.63, 3.8) is 0 Å². The summed E-state index contributed by atoms with van der Waals surface area (Å²) in [6.07, 6.45) is 2.79. The molecule has 9 heteroatoms. The first kappa shape index (κ1) is 20.2. The van der Waals surface area contributed by atoms with Crippen molar-refractivity contribution in [2.45, 2.75) is 45.2 Å². The van der Waals surface area contributed by atoms with E-state index in [-0.39, 0.29) is 30.2 Å². The lowest BCUT2D eigenvalue weighted by atomic mass is 10.1. The number of carbonyl (C=O) groups is 2. The van der Waals surface area contributed by atoms with Crippen LogP contribution in [0.15, 0.2) is 23.0 Å². The summed E-state index contributed by atoms with van der Waals surface area (Å²) in [7, 11) is 0. The molecule has 0 unspecified atom stereocenters. The molecule has 1 fully saturated rings. The van der Waals surface area contributed by atoms with Crippen LogP contribution in [-0.4, -0.2) is 58.8 Å². The van der Waals surface area contributed by atoms with Crippen LogP contribution in [-0.2, 0) is 22.5 Å². The number of nitrogens with one attached hydrogen (secondary N) is 1. The fourth-order valence-corrected chi connectivity index (χ4v) is 3.99. The highest BCUT2D eigenvalue weighted by Crippen LogP contribution is 2.20. The lowest BCUT2D eigenvalue weighted by Crippen LogP contribution is -2.47. The van der Waals surface area contributed by atoms with E-state index in [1.165, 1.54) is 0 Å². The molecule has 1 saturated heterocycles. The van der Waals surface area contributed by atoms with E-state index in [4.69, 9.17) is 9.47 Å². The standard InChI is InChI=1S/C21H26N4O5/c1-2-29-21(28)24-10-7-14(8-11-24)22-19(26)13-30-15-5-6-17-16(12-15)20(27)25-9-3-4-18(25)23-17/h5-6,12,14H,2-4,7-11,13H2,1H3,(H,22,26). The Balaban J connectivity index is 1.31. The molecule has 0 aliphatic carbocycles. The Bertz CT molecular complexity index is 1010. The van der Waals surface area contributed by atoms with Gasteiger partial charge in [-0.15, -0.1) is 0 Å². The third-order valence-corrected chi connectivity index (χ3v) is 5.54. The van der Waals surface area contributed by atoms with Gasteiger partial charge in [0.05, 0.1) is 17.5 Å². The van der Waals surface area contributed by atoms with Crippen molar-refractivity contribution in [3.8, 4) is 5.75 Å². The first-order valence-electron chi connectivity index (χ1n) is 10.4. The van der Waals surface area contributed by atoms with Gasteiger partial charge in [0, 0.05) is 32.1 Å². The van der Waals surface area contributed by atoms with Crippen LogP contribution in [0.1, 0.15) is 32.0 Å². The zero-order valence-electron chi connectivity index (χ0n) is 17.1. The molecule has 30 heavy (non-hydrogen) atoms. The smallest absolute Gasteiger partial charge is 0.409 e. The van der Waals surface area contributed by atoms with Gasteiger partial charge in [0.1, 0.15) is 11.6 Å². The predicted molar refractivity (Wildman–Crippen MR) is 110 cm³/mol. The Labute approximate surface area is 174 Å². The number of aryl methyl sites for hydroxylation is 1. The first-order chi connectivity index (χ1) is 14.5. The molecular weight excluding hydrogens is 388 g/mol. The zero-order chi connectivity index (χ0) is 21.1. The third kappa shape index (κ3) is 4.24. The van der Waals surface area contributed by atoms with Crippen LogP contribution in [0.2, 0.25) is 0 Å². The maximum Gasteiger partial charge on any atom is 0.409 e. The summed E-state index contributed by atoms with van der Waals surface area (Å²) in [4.78, 5) is 42.8. The fraction of sp³-hybridized carbons (Fsp3) is 0.524. The van der Waals surface area contributed by atoms with E-state index in [0.29, 0.717) is 55.7 Å². The van der Waals surface area contributed by atoms with Crippen LogP contribution in [0.5, 0.6) is 5.75 Å². The van der Waals surface area contributed by atoms with Gasteiger partial charge >= 0.3 is 6.09 Å². The van der Waals surface area contributed by atoms with Gasteiger partial charge in [0.25, 0.3) is 11.5 Å². The summed E-state index contributed by atoms with van der Waals surface area (Å²) in [6.45, 7) is 3.79. The van der Waals surface area contributed by atoms with Crippen LogP contribution in [0, 0.1) is 0 Å². The number of nitrogens with zero attached hydrogens (tertiary/aromatic N) is 3. The van der Waals surface area contributed by atoms with E-state index in [1.807, 2.05) is 0 Å². The SMILES string of the molecule is CCOC(=O)N1CCC(NC(=O)COc2ccc3nc4n(c(=O)c3c2)CCC4)CC1. The van der Waals surface area contributed by atoms with E-state index in [1.54, 1.807) is 34.6 Å². The Kier molecular flexibility index (Phi) is 5.87. The molecule has 0 saturated carbocycles. The predicted octanol–water partition coefficient (Wildman–Crippen LogP) is 1.46. The maximum absolute atomic E-state index is 12.6.